The van der Waals surface area contributed by atoms with Crippen molar-refractivity contribution in [2.75, 3.05) is 13.6 Å². The zero-order chi connectivity index (χ0) is 9.84. The number of hydrogen-bond acceptors (Lipinski definition) is 2. The first-order chi connectivity index (χ1) is 6.15. The Bertz CT molecular complexity index is 279. The van der Waals surface area contributed by atoms with Gasteiger partial charge in [0.15, 0.2) is 0 Å². The summed E-state index contributed by atoms with van der Waals surface area (Å²) in [5, 5.41) is 12.0. The summed E-state index contributed by atoms with van der Waals surface area (Å²) in [7, 11) is 1.72. The maximum atomic E-state index is 13.0. The van der Waals surface area contributed by atoms with Gasteiger partial charge in [0.05, 0.1) is 0 Å². The van der Waals surface area contributed by atoms with E-state index in [1.165, 1.54) is 0 Å². The molecule has 1 aromatic rings. The van der Waals surface area contributed by atoms with Crippen LogP contribution in [0.1, 0.15) is 5.56 Å². The molecule has 0 saturated carbocycles. The standard InChI is InChI=1S/C9H11F2NO/c1-12-3-2-7-8(11)4-6(10)5-9(7)13/h4-5,12-13H,2-3H2,1H3. The Hall–Kier alpha value is -1.16. The predicted molar refractivity (Wildman–Crippen MR) is 45.7 cm³/mol. The minimum Gasteiger partial charge on any atom is -0.507 e. The third kappa shape index (κ3) is 2.39. The van der Waals surface area contributed by atoms with Gasteiger partial charge < -0.3 is 10.4 Å². The monoisotopic (exact) mass is 187 g/mol. The number of nitrogens with one attached hydrogen (secondary N) is 1. The Morgan fingerprint density at radius 1 is 1.38 bits per heavy atom. The normalized spacial score (nSPS) is 10.4. The Balaban J connectivity index is 2.92. The molecule has 0 saturated heterocycles. The van der Waals surface area contributed by atoms with Crippen molar-refractivity contribution in [1.29, 1.82) is 0 Å². The fraction of sp³-hybridized carbons (Fsp3) is 0.333. The molecule has 72 valence electrons. The molecule has 13 heavy (non-hydrogen) atoms. The molecule has 0 amide bonds. The van der Waals surface area contributed by atoms with E-state index >= 15 is 0 Å². The second-order valence-electron chi connectivity index (χ2n) is 2.74. The van der Waals surface area contributed by atoms with E-state index in [9.17, 15) is 13.9 Å². The van der Waals surface area contributed by atoms with E-state index in [0.29, 0.717) is 13.0 Å². The summed E-state index contributed by atoms with van der Waals surface area (Å²) in [6, 6.07) is 1.68. The van der Waals surface area contributed by atoms with Crippen LogP contribution in [0.25, 0.3) is 0 Å². The summed E-state index contributed by atoms with van der Waals surface area (Å²) in [5.41, 5.74) is 0.149. The molecule has 2 nitrogen and oxygen atoms in total. The summed E-state index contributed by atoms with van der Waals surface area (Å²) in [6.07, 6.45) is 0.342. The quantitative estimate of drug-likeness (QED) is 0.750. The number of aromatic hydroxyl groups is 1. The van der Waals surface area contributed by atoms with Gasteiger partial charge in [-0.1, -0.05) is 0 Å². The van der Waals surface area contributed by atoms with E-state index in [1.807, 2.05) is 0 Å². The Kier molecular flexibility index (Phi) is 3.19. The van der Waals surface area contributed by atoms with Crippen LogP contribution in [0, 0.1) is 11.6 Å². The van der Waals surface area contributed by atoms with Crippen molar-refractivity contribution in [3.8, 4) is 5.75 Å². The molecule has 1 rings (SSSR count). The number of likely N-dealkylation sites (N-methyl/N-ethyl adjacent to an activating group) is 1. The van der Waals surface area contributed by atoms with E-state index in [0.717, 1.165) is 12.1 Å². The summed E-state index contributed by atoms with van der Waals surface area (Å²) < 4.78 is 25.5. The molecule has 2 N–H and O–H groups in total. The molecule has 0 radical (unpaired) electrons. The molecule has 0 aliphatic carbocycles. The molecular formula is C9H11F2NO. The minimum atomic E-state index is -0.761. The largest absolute Gasteiger partial charge is 0.507 e. The van der Waals surface area contributed by atoms with Crippen LogP contribution in [-0.4, -0.2) is 18.7 Å². The van der Waals surface area contributed by atoms with E-state index < -0.39 is 11.6 Å². The van der Waals surface area contributed by atoms with Crippen LogP contribution < -0.4 is 5.32 Å². The smallest absolute Gasteiger partial charge is 0.133 e. The minimum absolute atomic E-state index is 0.149. The number of halogens is 2. The Morgan fingerprint density at radius 3 is 2.62 bits per heavy atom. The molecule has 0 spiro atoms. The van der Waals surface area contributed by atoms with Crippen molar-refractivity contribution in [3.63, 3.8) is 0 Å². The van der Waals surface area contributed by atoms with Gasteiger partial charge in [0, 0.05) is 17.7 Å². The molecule has 0 aliphatic rings. The fourth-order valence-electron chi connectivity index (χ4n) is 1.09. The van der Waals surface area contributed by atoms with Gasteiger partial charge in [-0.3, -0.25) is 0 Å². The lowest BCUT2D eigenvalue weighted by molar-refractivity contribution is 0.449. The highest BCUT2D eigenvalue weighted by Crippen LogP contribution is 2.21. The highest BCUT2D eigenvalue weighted by atomic mass is 19.1. The van der Waals surface area contributed by atoms with Gasteiger partial charge in [-0.25, -0.2) is 8.78 Å². The SMILES string of the molecule is CNCCc1c(O)cc(F)cc1F. The Morgan fingerprint density at radius 2 is 2.08 bits per heavy atom. The van der Waals surface area contributed by atoms with Crippen molar-refractivity contribution in [2.24, 2.45) is 0 Å². The maximum absolute atomic E-state index is 13.0. The number of phenols is 1. The maximum Gasteiger partial charge on any atom is 0.133 e. The average molecular weight is 187 g/mol. The van der Waals surface area contributed by atoms with Crippen LogP contribution in [0.4, 0.5) is 8.78 Å². The summed E-state index contributed by atoms with van der Waals surface area (Å²) in [4.78, 5) is 0. The van der Waals surface area contributed by atoms with E-state index in [1.54, 1.807) is 7.05 Å². The first kappa shape index (κ1) is 9.92. The van der Waals surface area contributed by atoms with Crippen molar-refractivity contribution >= 4 is 0 Å². The third-order valence-corrected chi connectivity index (χ3v) is 1.76. The van der Waals surface area contributed by atoms with Gasteiger partial charge in [0.2, 0.25) is 0 Å². The summed E-state index contributed by atoms with van der Waals surface area (Å²) in [5.74, 6) is -1.79. The van der Waals surface area contributed by atoms with Gasteiger partial charge in [-0.05, 0) is 20.0 Å². The molecule has 1 aromatic carbocycles. The van der Waals surface area contributed by atoms with E-state index in [-0.39, 0.29) is 11.3 Å². The van der Waals surface area contributed by atoms with Crippen LogP contribution in [-0.2, 0) is 6.42 Å². The molecule has 0 bridgehead atoms. The average Bonchev–Trinajstić information content (AvgIpc) is 2.02. The highest BCUT2D eigenvalue weighted by Gasteiger charge is 2.09. The first-order valence-electron chi connectivity index (χ1n) is 3.96. The molecule has 0 aromatic heterocycles. The van der Waals surface area contributed by atoms with Crippen molar-refractivity contribution in [2.45, 2.75) is 6.42 Å². The van der Waals surface area contributed by atoms with Gasteiger partial charge >= 0.3 is 0 Å². The summed E-state index contributed by atoms with van der Waals surface area (Å²) >= 11 is 0. The van der Waals surface area contributed by atoms with E-state index in [2.05, 4.69) is 5.32 Å². The second-order valence-corrected chi connectivity index (χ2v) is 2.74. The van der Waals surface area contributed by atoms with Gasteiger partial charge in [0.1, 0.15) is 17.4 Å². The molecular weight excluding hydrogens is 176 g/mol. The molecule has 0 fully saturated rings. The second kappa shape index (κ2) is 4.18. The lowest BCUT2D eigenvalue weighted by atomic mass is 10.1. The van der Waals surface area contributed by atoms with Gasteiger partial charge in [-0.2, -0.15) is 0 Å². The van der Waals surface area contributed by atoms with Crippen molar-refractivity contribution < 1.29 is 13.9 Å². The van der Waals surface area contributed by atoms with E-state index in [4.69, 9.17) is 0 Å². The van der Waals surface area contributed by atoms with Crippen LogP contribution in [0.5, 0.6) is 5.75 Å². The number of benzene rings is 1. The van der Waals surface area contributed by atoms with Crippen LogP contribution in [0.2, 0.25) is 0 Å². The Labute approximate surface area is 75.2 Å². The van der Waals surface area contributed by atoms with Crippen LogP contribution >= 0.6 is 0 Å². The number of phenolic OH excluding ortho intramolecular Hbond substituents is 1. The molecule has 0 atom stereocenters. The van der Waals surface area contributed by atoms with Crippen LogP contribution in [0.3, 0.4) is 0 Å². The zero-order valence-electron chi connectivity index (χ0n) is 7.27. The summed E-state index contributed by atoms with van der Waals surface area (Å²) in [6.45, 7) is 0.538. The van der Waals surface area contributed by atoms with Crippen LogP contribution in [0.15, 0.2) is 12.1 Å². The predicted octanol–water partition coefficient (Wildman–Crippen LogP) is 1.43. The molecule has 0 aliphatic heterocycles. The van der Waals surface area contributed by atoms with Gasteiger partial charge in [0.25, 0.3) is 0 Å². The van der Waals surface area contributed by atoms with Crippen molar-refractivity contribution in [1.82, 2.24) is 5.32 Å². The molecule has 4 heteroatoms. The van der Waals surface area contributed by atoms with Crippen molar-refractivity contribution in [3.05, 3.63) is 29.3 Å². The lowest BCUT2D eigenvalue weighted by Crippen LogP contribution is -2.11. The lowest BCUT2D eigenvalue weighted by Gasteiger charge is -2.05. The number of hydrogen-bond donors (Lipinski definition) is 2. The zero-order valence-corrected chi connectivity index (χ0v) is 7.27. The first-order valence-corrected chi connectivity index (χ1v) is 3.96. The fourth-order valence-corrected chi connectivity index (χ4v) is 1.09. The third-order valence-electron chi connectivity index (χ3n) is 1.76. The highest BCUT2D eigenvalue weighted by molar-refractivity contribution is 5.34. The van der Waals surface area contributed by atoms with Gasteiger partial charge in [-0.15, -0.1) is 0 Å². The molecule has 0 heterocycles. The number of rotatable bonds is 3. The topological polar surface area (TPSA) is 32.3 Å². The molecule has 0 unspecified atom stereocenters.